The first-order valence-electron chi connectivity index (χ1n) is 7.58. The fraction of sp³-hybridized carbons (Fsp3) is 0.0556. The minimum atomic E-state index is -0.487. The molecule has 5 nitrogen and oxygen atoms in total. The Morgan fingerprint density at radius 1 is 1.19 bits per heavy atom. The molecule has 0 aliphatic rings. The Labute approximate surface area is 166 Å². The van der Waals surface area contributed by atoms with Crippen LogP contribution >= 0.6 is 31.9 Å². The van der Waals surface area contributed by atoms with Crippen molar-refractivity contribution in [2.75, 3.05) is 0 Å². The normalized spacial score (nSPS) is 11.0. The number of amides is 1. The van der Waals surface area contributed by atoms with E-state index in [1.165, 1.54) is 12.3 Å². The molecule has 8 heteroatoms. The largest absolute Gasteiger partial charge is 0.293 e. The number of carbonyl (C=O) groups is 1. The number of halogens is 3. The molecule has 1 N–H and O–H groups in total. The van der Waals surface area contributed by atoms with E-state index in [-0.39, 0.29) is 11.3 Å². The molecule has 1 aromatic heterocycles. The highest BCUT2D eigenvalue weighted by Gasteiger charge is 2.15. The molecule has 0 radical (unpaired) electrons. The minimum absolute atomic E-state index is 0.202. The molecule has 0 fully saturated rings. The quantitative estimate of drug-likeness (QED) is 0.436. The number of nitrogens with one attached hydrogen (secondary N) is 1. The van der Waals surface area contributed by atoms with Crippen molar-refractivity contribution in [2.24, 2.45) is 5.10 Å². The maximum atomic E-state index is 13.5. The summed E-state index contributed by atoms with van der Waals surface area (Å²) in [6, 6.07) is 14.0. The SMILES string of the molecule is O=C(N/N=C\c1ccccc1F)c1nn(Cc2ccc(Br)cc2)cc1Br. The van der Waals surface area contributed by atoms with E-state index in [1.807, 2.05) is 24.3 Å². The van der Waals surface area contributed by atoms with Gasteiger partial charge >= 0.3 is 0 Å². The van der Waals surface area contributed by atoms with E-state index in [1.54, 1.807) is 29.1 Å². The molecule has 0 atom stereocenters. The molecule has 0 aliphatic heterocycles. The zero-order chi connectivity index (χ0) is 18.5. The second-order valence-electron chi connectivity index (χ2n) is 5.37. The average Bonchev–Trinajstić information content (AvgIpc) is 2.99. The summed E-state index contributed by atoms with van der Waals surface area (Å²) in [6.07, 6.45) is 2.97. The molecule has 1 amide bonds. The molecule has 2 aromatic carbocycles. The van der Waals surface area contributed by atoms with E-state index in [4.69, 9.17) is 0 Å². The van der Waals surface area contributed by atoms with Crippen molar-refractivity contribution in [3.8, 4) is 0 Å². The van der Waals surface area contributed by atoms with Gasteiger partial charge in [-0.15, -0.1) is 0 Å². The van der Waals surface area contributed by atoms with Gasteiger partial charge in [0.2, 0.25) is 0 Å². The lowest BCUT2D eigenvalue weighted by Crippen LogP contribution is -2.19. The number of hydrogen-bond acceptors (Lipinski definition) is 3. The van der Waals surface area contributed by atoms with E-state index in [0.29, 0.717) is 11.0 Å². The standard InChI is InChI=1S/C18H13Br2FN4O/c19-14-7-5-12(6-8-14)10-25-11-15(20)17(24-25)18(26)23-22-9-13-3-1-2-4-16(13)21/h1-9,11H,10H2,(H,23,26)/b22-9-. The Morgan fingerprint density at radius 3 is 2.65 bits per heavy atom. The van der Waals surface area contributed by atoms with E-state index in [0.717, 1.165) is 10.0 Å². The fourth-order valence-corrected chi connectivity index (χ4v) is 2.96. The Morgan fingerprint density at radius 2 is 1.92 bits per heavy atom. The molecule has 132 valence electrons. The van der Waals surface area contributed by atoms with Gasteiger partial charge < -0.3 is 0 Å². The monoisotopic (exact) mass is 478 g/mol. The highest BCUT2D eigenvalue weighted by molar-refractivity contribution is 9.10. The molecule has 0 bridgehead atoms. The van der Waals surface area contributed by atoms with Crippen molar-refractivity contribution in [2.45, 2.75) is 6.54 Å². The topological polar surface area (TPSA) is 59.3 Å². The lowest BCUT2D eigenvalue weighted by Gasteiger charge is -2.02. The van der Waals surface area contributed by atoms with Gasteiger partial charge in [-0.3, -0.25) is 9.48 Å². The second kappa shape index (κ2) is 8.37. The molecule has 0 unspecified atom stereocenters. The Kier molecular flexibility index (Phi) is 5.95. The van der Waals surface area contributed by atoms with Crippen molar-refractivity contribution >= 4 is 44.0 Å². The number of carbonyl (C=O) groups excluding carboxylic acids is 1. The molecule has 0 saturated carbocycles. The third-order valence-electron chi connectivity index (χ3n) is 3.46. The Balaban J connectivity index is 1.67. The first kappa shape index (κ1) is 18.5. The van der Waals surface area contributed by atoms with Crippen molar-refractivity contribution in [1.29, 1.82) is 0 Å². The average molecular weight is 480 g/mol. The Bertz CT molecular complexity index is 954. The van der Waals surface area contributed by atoms with Gasteiger partial charge in [-0.2, -0.15) is 10.2 Å². The summed E-state index contributed by atoms with van der Waals surface area (Å²) in [4.78, 5) is 12.2. The van der Waals surface area contributed by atoms with Crippen LogP contribution in [0.5, 0.6) is 0 Å². The number of benzene rings is 2. The molecule has 1 heterocycles. The Hall–Kier alpha value is -2.32. The van der Waals surface area contributed by atoms with Crippen LogP contribution in [0, 0.1) is 5.82 Å². The van der Waals surface area contributed by atoms with Crippen LogP contribution in [0.4, 0.5) is 4.39 Å². The van der Waals surface area contributed by atoms with Crippen LogP contribution in [0.25, 0.3) is 0 Å². The first-order chi connectivity index (χ1) is 12.5. The van der Waals surface area contributed by atoms with Crippen molar-refractivity contribution in [1.82, 2.24) is 15.2 Å². The molecule has 0 saturated heterocycles. The lowest BCUT2D eigenvalue weighted by molar-refractivity contribution is 0.0948. The summed E-state index contributed by atoms with van der Waals surface area (Å²) in [5.41, 5.74) is 3.89. The van der Waals surface area contributed by atoms with Gasteiger partial charge in [0.15, 0.2) is 5.69 Å². The highest BCUT2D eigenvalue weighted by atomic mass is 79.9. The van der Waals surface area contributed by atoms with Crippen LogP contribution in [0.15, 0.2) is 68.8 Å². The molecule has 3 aromatic rings. The predicted molar refractivity (Wildman–Crippen MR) is 105 cm³/mol. The third kappa shape index (κ3) is 4.64. The van der Waals surface area contributed by atoms with E-state index < -0.39 is 11.7 Å². The van der Waals surface area contributed by atoms with Crippen LogP contribution in [-0.4, -0.2) is 21.9 Å². The number of hydrazone groups is 1. The zero-order valence-corrected chi connectivity index (χ0v) is 16.5. The van der Waals surface area contributed by atoms with Gasteiger partial charge in [-0.1, -0.05) is 46.3 Å². The lowest BCUT2D eigenvalue weighted by atomic mass is 10.2. The molecular weight excluding hydrogens is 467 g/mol. The summed E-state index contributed by atoms with van der Waals surface area (Å²) in [6.45, 7) is 0.525. The van der Waals surface area contributed by atoms with Crippen LogP contribution in [0.2, 0.25) is 0 Å². The van der Waals surface area contributed by atoms with Crippen LogP contribution in [0.3, 0.4) is 0 Å². The maximum absolute atomic E-state index is 13.5. The van der Waals surface area contributed by atoms with Crippen LogP contribution < -0.4 is 5.43 Å². The molecular formula is C18H13Br2FN4O. The van der Waals surface area contributed by atoms with Gasteiger partial charge in [0.1, 0.15) is 5.82 Å². The number of aromatic nitrogens is 2. The van der Waals surface area contributed by atoms with Gasteiger partial charge in [-0.05, 0) is 39.7 Å². The molecule has 26 heavy (non-hydrogen) atoms. The van der Waals surface area contributed by atoms with E-state index >= 15 is 0 Å². The first-order valence-corrected chi connectivity index (χ1v) is 9.17. The maximum Gasteiger partial charge on any atom is 0.293 e. The third-order valence-corrected chi connectivity index (χ3v) is 4.57. The summed E-state index contributed by atoms with van der Waals surface area (Å²) in [5, 5.41) is 8.05. The minimum Gasteiger partial charge on any atom is -0.266 e. The second-order valence-corrected chi connectivity index (χ2v) is 7.14. The summed E-state index contributed by atoms with van der Waals surface area (Å²) >= 11 is 6.72. The molecule has 3 rings (SSSR count). The number of nitrogens with zero attached hydrogens (tertiary/aromatic N) is 3. The van der Waals surface area contributed by atoms with Crippen LogP contribution in [0.1, 0.15) is 21.6 Å². The number of rotatable bonds is 5. The summed E-state index contributed by atoms with van der Waals surface area (Å²) < 4.78 is 16.7. The smallest absolute Gasteiger partial charge is 0.266 e. The number of hydrogen-bond donors (Lipinski definition) is 1. The molecule has 0 spiro atoms. The van der Waals surface area contributed by atoms with Crippen molar-refractivity contribution in [3.05, 3.63) is 86.3 Å². The van der Waals surface area contributed by atoms with Gasteiger partial charge in [0.05, 0.1) is 17.2 Å². The summed E-state index contributed by atoms with van der Waals surface area (Å²) in [5.74, 6) is -0.899. The van der Waals surface area contributed by atoms with Crippen LogP contribution in [-0.2, 0) is 6.54 Å². The molecule has 0 aliphatic carbocycles. The fourth-order valence-electron chi connectivity index (χ4n) is 2.20. The zero-order valence-electron chi connectivity index (χ0n) is 13.4. The highest BCUT2D eigenvalue weighted by Crippen LogP contribution is 2.17. The summed E-state index contributed by atoms with van der Waals surface area (Å²) in [7, 11) is 0. The van der Waals surface area contributed by atoms with E-state index in [2.05, 4.69) is 47.5 Å². The van der Waals surface area contributed by atoms with Crippen molar-refractivity contribution in [3.63, 3.8) is 0 Å². The predicted octanol–water partition coefficient (Wildman–Crippen LogP) is 4.36. The van der Waals surface area contributed by atoms with Gasteiger partial charge in [0, 0.05) is 16.2 Å². The van der Waals surface area contributed by atoms with Gasteiger partial charge in [0.25, 0.3) is 5.91 Å². The van der Waals surface area contributed by atoms with Crippen molar-refractivity contribution < 1.29 is 9.18 Å². The van der Waals surface area contributed by atoms with Gasteiger partial charge in [-0.25, -0.2) is 9.82 Å². The van der Waals surface area contributed by atoms with E-state index in [9.17, 15) is 9.18 Å².